The van der Waals surface area contributed by atoms with Crippen molar-refractivity contribution < 1.29 is 19.1 Å². The molecule has 0 aliphatic heterocycles. The molecule has 0 saturated heterocycles. The number of benzene rings is 1. The van der Waals surface area contributed by atoms with Crippen LogP contribution in [0.3, 0.4) is 0 Å². The van der Waals surface area contributed by atoms with E-state index in [4.69, 9.17) is 9.47 Å². The van der Waals surface area contributed by atoms with Crippen LogP contribution in [0.4, 0.5) is 0 Å². The molecule has 2 N–H and O–H groups in total. The van der Waals surface area contributed by atoms with Gasteiger partial charge in [0, 0.05) is 18.5 Å². The van der Waals surface area contributed by atoms with E-state index in [0.717, 1.165) is 42.6 Å². The summed E-state index contributed by atoms with van der Waals surface area (Å²) in [6.07, 6.45) is 7.21. The van der Waals surface area contributed by atoms with Crippen molar-refractivity contribution in [1.29, 1.82) is 0 Å². The van der Waals surface area contributed by atoms with E-state index in [1.165, 1.54) is 19.3 Å². The first kappa shape index (κ1) is 20.0. The molecule has 4 aliphatic rings. The molecule has 4 bridgehead atoms. The average Bonchev–Trinajstić information content (AvgIpc) is 2.70. The lowest BCUT2D eigenvalue weighted by atomic mass is 9.49. The Bertz CT molecular complexity index is 741. The van der Waals surface area contributed by atoms with E-state index in [2.05, 4.69) is 10.6 Å². The first-order valence-corrected chi connectivity index (χ1v) is 10.9. The molecule has 0 heterocycles. The van der Waals surface area contributed by atoms with Crippen molar-refractivity contribution >= 4 is 11.8 Å². The third kappa shape index (κ3) is 4.21. The highest BCUT2D eigenvalue weighted by atomic mass is 16.5. The Balaban J connectivity index is 1.36. The number of rotatable bonds is 8. The smallest absolute Gasteiger partial charge is 0.257 e. The number of amides is 2. The predicted octanol–water partition coefficient (Wildman–Crippen LogP) is 3.04. The van der Waals surface area contributed by atoms with Crippen molar-refractivity contribution in [2.24, 2.45) is 23.2 Å². The molecule has 0 aromatic heterocycles. The van der Waals surface area contributed by atoms with Crippen molar-refractivity contribution in [1.82, 2.24) is 10.6 Å². The maximum absolute atomic E-state index is 13.1. The fourth-order valence-electron chi connectivity index (χ4n) is 6.09. The molecule has 6 nitrogen and oxygen atoms in total. The third-order valence-electron chi connectivity index (χ3n) is 6.93. The first-order valence-electron chi connectivity index (χ1n) is 10.9. The van der Waals surface area contributed by atoms with Gasteiger partial charge in [-0.05, 0) is 80.9 Å². The van der Waals surface area contributed by atoms with Crippen molar-refractivity contribution in [3.63, 3.8) is 0 Å². The van der Waals surface area contributed by atoms with Crippen molar-refractivity contribution in [2.75, 3.05) is 20.3 Å². The van der Waals surface area contributed by atoms with Gasteiger partial charge in [-0.15, -0.1) is 0 Å². The summed E-state index contributed by atoms with van der Waals surface area (Å²) in [6.45, 7) is 2.87. The third-order valence-corrected chi connectivity index (χ3v) is 6.93. The highest BCUT2D eigenvalue weighted by molar-refractivity contribution is 5.83. The van der Waals surface area contributed by atoms with E-state index in [1.807, 2.05) is 19.1 Å². The molecule has 4 fully saturated rings. The Morgan fingerprint density at radius 2 is 1.69 bits per heavy atom. The van der Waals surface area contributed by atoms with Crippen molar-refractivity contribution in [3.8, 4) is 11.5 Å². The molecule has 5 rings (SSSR count). The Kier molecular flexibility index (Phi) is 5.70. The molecule has 1 aromatic carbocycles. The van der Waals surface area contributed by atoms with Crippen LogP contribution in [0.1, 0.15) is 51.0 Å². The maximum Gasteiger partial charge on any atom is 0.257 e. The van der Waals surface area contributed by atoms with Gasteiger partial charge >= 0.3 is 0 Å². The van der Waals surface area contributed by atoms with Crippen LogP contribution >= 0.6 is 0 Å². The van der Waals surface area contributed by atoms with Crippen LogP contribution in [-0.4, -0.2) is 32.1 Å². The number of nitrogens with one attached hydrogen (secondary N) is 2. The summed E-state index contributed by atoms with van der Waals surface area (Å²) in [7, 11) is 1.58. The molecule has 6 heteroatoms. The van der Waals surface area contributed by atoms with Gasteiger partial charge in [-0.2, -0.15) is 0 Å². The molecule has 0 unspecified atom stereocenters. The number of carbonyl (C=O) groups is 2. The zero-order chi connectivity index (χ0) is 20.4. The van der Waals surface area contributed by atoms with E-state index >= 15 is 0 Å². The fourth-order valence-corrected chi connectivity index (χ4v) is 6.09. The first-order chi connectivity index (χ1) is 14.0. The van der Waals surface area contributed by atoms with E-state index in [-0.39, 0.29) is 23.8 Å². The van der Waals surface area contributed by atoms with Crippen LogP contribution in [0.2, 0.25) is 0 Å². The van der Waals surface area contributed by atoms with Crippen LogP contribution in [0, 0.1) is 23.2 Å². The van der Waals surface area contributed by atoms with Gasteiger partial charge in [-0.3, -0.25) is 9.59 Å². The fraction of sp³-hybridized carbons (Fsp3) is 0.652. The van der Waals surface area contributed by atoms with Gasteiger partial charge in [0.25, 0.3) is 5.91 Å². The van der Waals surface area contributed by atoms with Gasteiger partial charge in [-0.25, -0.2) is 0 Å². The number of hydrogen-bond acceptors (Lipinski definition) is 4. The molecule has 158 valence electrons. The van der Waals surface area contributed by atoms with Gasteiger partial charge in [0.15, 0.2) is 18.1 Å². The number of ether oxygens (including phenoxy) is 2. The van der Waals surface area contributed by atoms with Crippen LogP contribution in [0.5, 0.6) is 11.5 Å². The Morgan fingerprint density at radius 3 is 2.28 bits per heavy atom. The van der Waals surface area contributed by atoms with Crippen LogP contribution in [0.25, 0.3) is 0 Å². The number of carbonyl (C=O) groups excluding carboxylic acids is 2. The number of hydrogen-bond donors (Lipinski definition) is 2. The second-order valence-corrected chi connectivity index (χ2v) is 9.11. The van der Waals surface area contributed by atoms with Gasteiger partial charge < -0.3 is 20.1 Å². The topological polar surface area (TPSA) is 76.7 Å². The Hall–Kier alpha value is -2.24. The predicted molar refractivity (Wildman–Crippen MR) is 110 cm³/mol. The molecule has 2 amide bonds. The highest BCUT2D eigenvalue weighted by Gasteiger charge is 2.54. The molecule has 1 aromatic rings. The highest BCUT2D eigenvalue weighted by Crippen LogP contribution is 2.60. The van der Waals surface area contributed by atoms with Gasteiger partial charge in [0.05, 0.1) is 7.11 Å². The largest absolute Gasteiger partial charge is 0.493 e. The minimum Gasteiger partial charge on any atom is -0.493 e. The monoisotopic (exact) mass is 400 g/mol. The lowest BCUT2D eigenvalue weighted by Crippen LogP contribution is -2.53. The summed E-state index contributed by atoms with van der Waals surface area (Å²) in [5.74, 6) is 3.43. The minimum absolute atomic E-state index is 0.0493. The molecule has 4 aliphatic carbocycles. The quantitative estimate of drug-likeness (QED) is 0.703. The maximum atomic E-state index is 13.1. The van der Waals surface area contributed by atoms with Crippen LogP contribution < -0.4 is 20.1 Å². The summed E-state index contributed by atoms with van der Waals surface area (Å²) in [5, 5.41) is 5.89. The molecule has 0 radical (unpaired) electrons. The van der Waals surface area contributed by atoms with E-state index in [1.54, 1.807) is 13.2 Å². The second kappa shape index (κ2) is 8.25. The van der Waals surface area contributed by atoms with Gasteiger partial charge in [0.1, 0.15) is 0 Å². The summed E-state index contributed by atoms with van der Waals surface area (Å²) >= 11 is 0. The summed E-state index contributed by atoms with van der Waals surface area (Å²) < 4.78 is 11.0. The van der Waals surface area contributed by atoms with Gasteiger partial charge in [-0.1, -0.05) is 6.07 Å². The number of methoxy groups -OCH3 is 1. The molecule has 4 saturated carbocycles. The minimum atomic E-state index is -0.165. The van der Waals surface area contributed by atoms with E-state index in [9.17, 15) is 9.59 Å². The summed E-state index contributed by atoms with van der Waals surface area (Å²) in [5.41, 5.74) is 0.833. The Morgan fingerprint density at radius 1 is 1.03 bits per heavy atom. The number of likely N-dealkylation sites (N-methyl/N-ethyl adjacent to an activating group) is 1. The van der Waals surface area contributed by atoms with E-state index in [0.29, 0.717) is 24.6 Å². The summed E-state index contributed by atoms with van der Waals surface area (Å²) in [6, 6.07) is 5.58. The lowest BCUT2D eigenvalue weighted by molar-refractivity contribution is -0.146. The van der Waals surface area contributed by atoms with Crippen molar-refractivity contribution in [3.05, 3.63) is 23.8 Å². The Labute approximate surface area is 172 Å². The molecule has 29 heavy (non-hydrogen) atoms. The average molecular weight is 401 g/mol. The molecular weight excluding hydrogens is 368 g/mol. The summed E-state index contributed by atoms with van der Waals surface area (Å²) in [4.78, 5) is 24.7. The molecule has 0 atom stereocenters. The second-order valence-electron chi connectivity index (χ2n) is 9.11. The molecule has 0 spiro atoms. The zero-order valence-corrected chi connectivity index (χ0v) is 17.5. The van der Waals surface area contributed by atoms with Crippen molar-refractivity contribution in [2.45, 2.75) is 52.0 Å². The van der Waals surface area contributed by atoms with Crippen LogP contribution in [0.15, 0.2) is 18.2 Å². The molecular formula is C23H32N2O4. The zero-order valence-electron chi connectivity index (χ0n) is 17.5. The van der Waals surface area contributed by atoms with Crippen LogP contribution in [-0.2, 0) is 16.1 Å². The lowest BCUT2D eigenvalue weighted by Gasteiger charge is -2.55. The van der Waals surface area contributed by atoms with Gasteiger partial charge in [0.2, 0.25) is 5.91 Å². The van der Waals surface area contributed by atoms with E-state index < -0.39 is 0 Å². The SMILES string of the molecule is CCNC(=O)COc1ccc(CNC(=O)C23CC4CC(CC(C4)C2)C3)cc1OC. The standard InChI is InChI=1S/C23H32N2O4/c1-3-24-21(26)14-29-19-5-4-15(9-20(19)28-2)13-25-22(27)23-10-16-6-17(11-23)8-18(7-16)12-23/h4-5,9,16-18H,3,6-8,10-14H2,1-2H3,(H,24,26)(H,25,27). The normalized spacial score (nSPS) is 29.4.